The topological polar surface area (TPSA) is 67.3 Å². The van der Waals surface area contributed by atoms with E-state index < -0.39 is 11.6 Å². The van der Waals surface area contributed by atoms with Crippen LogP contribution in [0.15, 0.2) is 6.07 Å². The summed E-state index contributed by atoms with van der Waals surface area (Å²) in [5.41, 5.74) is -1.16. The van der Waals surface area contributed by atoms with Gasteiger partial charge in [-0.15, -0.1) is 0 Å². The fraction of sp³-hybridized carbons (Fsp3) is 0.737. The summed E-state index contributed by atoms with van der Waals surface area (Å²) < 4.78 is 19.2. The monoisotopic (exact) mass is 364 g/mol. The number of rotatable bonds is 5. The van der Waals surface area contributed by atoms with E-state index >= 15 is 0 Å². The van der Waals surface area contributed by atoms with Crippen LogP contribution in [0.1, 0.15) is 57.5 Å². The predicted octanol–water partition coefficient (Wildman–Crippen LogP) is 2.69. The molecule has 6 nitrogen and oxygen atoms in total. The smallest absolute Gasteiger partial charge is 0.257 e. The van der Waals surface area contributed by atoms with Crippen LogP contribution < -0.4 is 10.2 Å². The van der Waals surface area contributed by atoms with Gasteiger partial charge in [0.2, 0.25) is 0 Å². The molecule has 1 aliphatic heterocycles. The number of carbonyl (C=O) groups is 1. The lowest BCUT2D eigenvalue weighted by Crippen LogP contribution is -2.57. The van der Waals surface area contributed by atoms with Crippen LogP contribution in [-0.4, -0.2) is 46.8 Å². The van der Waals surface area contributed by atoms with Gasteiger partial charge in [-0.2, -0.15) is 0 Å². The van der Waals surface area contributed by atoms with Gasteiger partial charge in [0.25, 0.3) is 5.91 Å². The lowest BCUT2D eigenvalue weighted by molar-refractivity contribution is -0.131. The summed E-state index contributed by atoms with van der Waals surface area (Å²) in [6.07, 6.45) is 4.97. The second kappa shape index (κ2) is 7.10. The van der Waals surface area contributed by atoms with E-state index in [0.29, 0.717) is 12.4 Å². The van der Waals surface area contributed by atoms with E-state index in [0.717, 1.165) is 50.2 Å². The molecule has 144 valence electrons. The van der Waals surface area contributed by atoms with Crippen molar-refractivity contribution in [1.29, 1.82) is 0 Å². The van der Waals surface area contributed by atoms with Gasteiger partial charge in [0.15, 0.2) is 11.5 Å². The largest absolute Gasteiger partial charge is 0.377 e. The van der Waals surface area contributed by atoms with Gasteiger partial charge in [-0.1, -0.05) is 12.8 Å². The van der Waals surface area contributed by atoms with Crippen LogP contribution in [0.5, 0.6) is 0 Å². The molecule has 0 radical (unpaired) electrons. The first kappa shape index (κ1) is 19.0. The van der Waals surface area contributed by atoms with E-state index in [1.165, 1.54) is 13.8 Å². The highest BCUT2D eigenvalue weighted by molar-refractivity contribution is 5.84. The van der Waals surface area contributed by atoms with E-state index in [1.807, 2.05) is 13.0 Å². The number of carbonyl (C=O) groups excluding carboxylic acids is 1. The van der Waals surface area contributed by atoms with E-state index in [-0.39, 0.29) is 11.6 Å². The zero-order chi connectivity index (χ0) is 18.9. The molecule has 7 heteroatoms. The molecule has 1 atom stereocenters. The lowest BCUT2D eigenvalue weighted by atomic mass is 9.88. The van der Waals surface area contributed by atoms with Crippen molar-refractivity contribution in [2.24, 2.45) is 0 Å². The number of nitrogens with zero attached hydrogens (tertiary/aromatic N) is 3. The molecule has 2 fully saturated rings. The SMILES string of the molecule is COCc1nc(C)cc(N2CCC(NC(=O)C(C)(C)F)C23CCCC3)n1. The third-order valence-electron chi connectivity index (χ3n) is 5.58. The Kier molecular flexibility index (Phi) is 5.19. The number of alkyl halides is 1. The number of nitrogens with one attached hydrogen (secondary N) is 1. The van der Waals surface area contributed by atoms with Crippen molar-refractivity contribution < 1.29 is 13.9 Å². The van der Waals surface area contributed by atoms with Crippen LogP contribution in [0.3, 0.4) is 0 Å². The number of hydrogen-bond acceptors (Lipinski definition) is 5. The first-order valence-corrected chi connectivity index (χ1v) is 9.37. The quantitative estimate of drug-likeness (QED) is 0.870. The summed E-state index contributed by atoms with van der Waals surface area (Å²) in [5.74, 6) is 1.00. The standard InChI is InChI=1S/C19H29FN4O2/c1-13-11-16(23-15(21-13)12-26-4)24-10-7-14(19(24)8-5-6-9-19)22-17(25)18(2,3)20/h11,14H,5-10,12H2,1-4H3,(H,22,25). The number of ether oxygens (including phenoxy) is 1. The maximum atomic E-state index is 14.1. The molecule has 26 heavy (non-hydrogen) atoms. The van der Waals surface area contributed by atoms with Crippen molar-refractivity contribution in [3.05, 3.63) is 17.6 Å². The lowest BCUT2D eigenvalue weighted by Gasteiger charge is -2.40. The maximum Gasteiger partial charge on any atom is 0.257 e. The summed E-state index contributed by atoms with van der Waals surface area (Å²) >= 11 is 0. The molecule has 0 bridgehead atoms. The molecule has 1 aromatic heterocycles. The third kappa shape index (κ3) is 3.54. The van der Waals surface area contributed by atoms with Crippen LogP contribution in [0.25, 0.3) is 0 Å². The molecule has 1 aromatic rings. The summed E-state index contributed by atoms with van der Waals surface area (Å²) in [5, 5.41) is 2.98. The minimum atomic E-state index is -1.87. The Morgan fingerprint density at radius 1 is 1.42 bits per heavy atom. The fourth-order valence-corrected chi connectivity index (χ4v) is 4.37. The van der Waals surface area contributed by atoms with Gasteiger partial charge >= 0.3 is 0 Å². The van der Waals surface area contributed by atoms with Gasteiger partial charge in [-0.25, -0.2) is 14.4 Å². The van der Waals surface area contributed by atoms with E-state index in [2.05, 4.69) is 20.2 Å². The second-order valence-corrected chi connectivity index (χ2v) is 7.97. The highest BCUT2D eigenvalue weighted by Gasteiger charge is 2.52. The average molecular weight is 364 g/mol. The van der Waals surface area contributed by atoms with Crippen molar-refractivity contribution in [3.8, 4) is 0 Å². The summed E-state index contributed by atoms with van der Waals surface area (Å²) in [4.78, 5) is 23.7. The number of anilines is 1. The zero-order valence-electron chi connectivity index (χ0n) is 16.1. The molecule has 1 saturated carbocycles. The minimum Gasteiger partial charge on any atom is -0.377 e. The van der Waals surface area contributed by atoms with Crippen molar-refractivity contribution >= 4 is 11.7 Å². The molecule has 3 rings (SSSR count). The highest BCUT2D eigenvalue weighted by Crippen LogP contribution is 2.45. The molecule has 1 unspecified atom stereocenters. The maximum absolute atomic E-state index is 14.1. The van der Waals surface area contributed by atoms with Gasteiger partial charge in [0.05, 0.1) is 11.6 Å². The average Bonchev–Trinajstić information content (AvgIpc) is 3.16. The number of halogens is 1. The first-order valence-electron chi connectivity index (χ1n) is 9.37. The van der Waals surface area contributed by atoms with Gasteiger partial charge in [0, 0.05) is 25.4 Å². The van der Waals surface area contributed by atoms with E-state index in [1.54, 1.807) is 7.11 Å². The third-order valence-corrected chi connectivity index (χ3v) is 5.58. The Labute approximate surface area is 154 Å². The van der Waals surface area contributed by atoms with Crippen molar-refractivity contribution in [2.45, 2.75) is 76.7 Å². The number of aromatic nitrogens is 2. The normalized spacial score (nSPS) is 22.2. The Morgan fingerprint density at radius 3 is 2.73 bits per heavy atom. The molecule has 1 spiro atoms. The number of methoxy groups -OCH3 is 1. The van der Waals surface area contributed by atoms with Crippen LogP contribution in [-0.2, 0) is 16.1 Å². The van der Waals surface area contributed by atoms with E-state index in [4.69, 9.17) is 4.74 Å². The van der Waals surface area contributed by atoms with Gasteiger partial charge < -0.3 is 15.0 Å². The molecule has 1 aliphatic carbocycles. The van der Waals surface area contributed by atoms with Gasteiger partial charge in [0.1, 0.15) is 12.4 Å². The molecule has 0 aromatic carbocycles. The Balaban J connectivity index is 1.90. The number of amides is 1. The summed E-state index contributed by atoms with van der Waals surface area (Å²) in [6, 6.07) is 1.93. The Hall–Kier alpha value is -1.76. The van der Waals surface area contributed by atoms with Crippen LogP contribution in [0.4, 0.5) is 10.2 Å². The molecular weight excluding hydrogens is 335 g/mol. The fourth-order valence-electron chi connectivity index (χ4n) is 4.37. The van der Waals surface area contributed by atoms with Crippen LogP contribution >= 0.6 is 0 Å². The second-order valence-electron chi connectivity index (χ2n) is 7.97. The zero-order valence-corrected chi connectivity index (χ0v) is 16.1. The highest BCUT2D eigenvalue weighted by atomic mass is 19.1. The van der Waals surface area contributed by atoms with Crippen molar-refractivity contribution in [1.82, 2.24) is 15.3 Å². The molecule has 2 aliphatic rings. The Morgan fingerprint density at radius 2 is 2.12 bits per heavy atom. The summed E-state index contributed by atoms with van der Waals surface area (Å²) in [7, 11) is 1.63. The van der Waals surface area contributed by atoms with Crippen molar-refractivity contribution in [2.75, 3.05) is 18.6 Å². The number of hydrogen-bond donors (Lipinski definition) is 1. The molecule has 1 amide bonds. The van der Waals surface area contributed by atoms with Crippen LogP contribution in [0, 0.1) is 6.92 Å². The minimum absolute atomic E-state index is 0.0614. The molecular formula is C19H29FN4O2. The van der Waals surface area contributed by atoms with Crippen LogP contribution in [0.2, 0.25) is 0 Å². The predicted molar refractivity (Wildman–Crippen MR) is 97.8 cm³/mol. The van der Waals surface area contributed by atoms with E-state index in [9.17, 15) is 9.18 Å². The molecule has 1 N–H and O–H groups in total. The molecule has 2 heterocycles. The van der Waals surface area contributed by atoms with Gasteiger partial charge in [-0.05, 0) is 40.0 Å². The van der Waals surface area contributed by atoms with Crippen molar-refractivity contribution in [3.63, 3.8) is 0 Å². The van der Waals surface area contributed by atoms with Gasteiger partial charge in [-0.3, -0.25) is 4.79 Å². The first-order chi connectivity index (χ1) is 12.3. The molecule has 1 saturated heterocycles. The summed E-state index contributed by atoms with van der Waals surface area (Å²) in [6.45, 7) is 5.72. The Bertz CT molecular complexity index is 668. The number of aryl methyl sites for hydroxylation is 1.